The summed E-state index contributed by atoms with van der Waals surface area (Å²) in [6, 6.07) is 5.80. The average Bonchev–Trinajstić information content (AvgIpc) is 3.10. The van der Waals surface area contributed by atoms with Crippen LogP contribution in [0.3, 0.4) is 0 Å². The SMILES string of the molecule is Cc1csc([C@@H](C#N)C(=O)COC(=O)CCc2cc(C(C)(C)C)c(O)c(C(C)(C)C)c2)n1. The van der Waals surface area contributed by atoms with Crippen molar-refractivity contribution in [2.75, 3.05) is 6.61 Å². The van der Waals surface area contributed by atoms with Crippen LogP contribution in [-0.2, 0) is 31.6 Å². The lowest BCUT2D eigenvalue weighted by Crippen LogP contribution is -2.20. The Morgan fingerprint density at radius 2 is 1.72 bits per heavy atom. The van der Waals surface area contributed by atoms with Crippen molar-refractivity contribution >= 4 is 23.1 Å². The van der Waals surface area contributed by atoms with Gasteiger partial charge in [0.25, 0.3) is 0 Å². The van der Waals surface area contributed by atoms with E-state index in [4.69, 9.17) is 4.74 Å². The van der Waals surface area contributed by atoms with Crippen molar-refractivity contribution in [2.24, 2.45) is 0 Å². The summed E-state index contributed by atoms with van der Waals surface area (Å²) in [6.45, 7) is 13.5. The molecule has 0 aliphatic rings. The van der Waals surface area contributed by atoms with E-state index in [1.807, 2.05) is 59.7 Å². The van der Waals surface area contributed by atoms with Crippen LogP contribution in [-0.4, -0.2) is 28.4 Å². The number of thiazole rings is 1. The van der Waals surface area contributed by atoms with Crippen molar-refractivity contribution in [3.63, 3.8) is 0 Å². The highest BCUT2D eigenvalue weighted by Crippen LogP contribution is 2.40. The lowest BCUT2D eigenvalue weighted by Gasteiger charge is -2.28. The molecule has 0 spiro atoms. The Kier molecular flexibility index (Phi) is 7.84. The highest BCUT2D eigenvalue weighted by Gasteiger charge is 2.27. The highest BCUT2D eigenvalue weighted by atomic mass is 32.1. The standard InChI is InChI=1S/C25H32N2O4S/c1-15-14-32-23(27-15)17(12-26)20(28)13-31-21(29)9-8-16-10-18(24(2,3)4)22(30)19(11-16)25(5,6)7/h10-11,14,17,30H,8-9,13H2,1-7H3/t17-/m0/s1. The van der Waals surface area contributed by atoms with Gasteiger partial charge in [-0.1, -0.05) is 53.7 Å². The molecular weight excluding hydrogens is 424 g/mol. The maximum Gasteiger partial charge on any atom is 0.306 e. The van der Waals surface area contributed by atoms with Gasteiger partial charge in [-0.3, -0.25) is 9.59 Å². The Morgan fingerprint density at radius 3 is 2.16 bits per heavy atom. The number of hydrogen-bond acceptors (Lipinski definition) is 7. The summed E-state index contributed by atoms with van der Waals surface area (Å²) >= 11 is 1.24. The van der Waals surface area contributed by atoms with Crippen molar-refractivity contribution in [1.29, 1.82) is 5.26 Å². The van der Waals surface area contributed by atoms with Gasteiger partial charge in [-0.15, -0.1) is 11.3 Å². The zero-order valence-corrected chi connectivity index (χ0v) is 20.7. The van der Waals surface area contributed by atoms with Crippen LogP contribution in [0.5, 0.6) is 5.75 Å². The summed E-state index contributed by atoms with van der Waals surface area (Å²) in [5, 5.41) is 22.3. The molecule has 1 atom stereocenters. The first-order valence-electron chi connectivity index (χ1n) is 10.6. The van der Waals surface area contributed by atoms with E-state index in [2.05, 4.69) is 4.98 Å². The Morgan fingerprint density at radius 1 is 1.16 bits per heavy atom. The number of carbonyl (C=O) groups excluding carboxylic acids is 2. The van der Waals surface area contributed by atoms with Gasteiger partial charge >= 0.3 is 5.97 Å². The van der Waals surface area contributed by atoms with Crippen LogP contribution in [0.1, 0.15) is 81.3 Å². The molecule has 0 amide bonds. The summed E-state index contributed by atoms with van der Waals surface area (Å²) < 4.78 is 5.14. The Labute approximate surface area is 194 Å². The van der Waals surface area contributed by atoms with Gasteiger partial charge in [0.2, 0.25) is 0 Å². The van der Waals surface area contributed by atoms with Crippen LogP contribution >= 0.6 is 11.3 Å². The smallest absolute Gasteiger partial charge is 0.306 e. The number of aryl methyl sites for hydroxylation is 2. The maximum atomic E-state index is 12.3. The number of ketones is 1. The van der Waals surface area contributed by atoms with E-state index in [1.54, 1.807) is 12.3 Å². The molecule has 172 valence electrons. The van der Waals surface area contributed by atoms with Gasteiger partial charge in [-0.25, -0.2) is 4.98 Å². The van der Waals surface area contributed by atoms with E-state index in [-0.39, 0.29) is 17.3 Å². The largest absolute Gasteiger partial charge is 0.507 e. The minimum absolute atomic E-state index is 0.0960. The molecule has 0 radical (unpaired) electrons. The highest BCUT2D eigenvalue weighted by molar-refractivity contribution is 7.09. The van der Waals surface area contributed by atoms with Gasteiger partial charge in [-0.05, 0) is 40.9 Å². The van der Waals surface area contributed by atoms with Gasteiger partial charge in [0, 0.05) is 17.5 Å². The quantitative estimate of drug-likeness (QED) is 0.582. The summed E-state index contributed by atoms with van der Waals surface area (Å²) in [5.74, 6) is -1.72. The minimum Gasteiger partial charge on any atom is -0.507 e. The lowest BCUT2D eigenvalue weighted by molar-refractivity contribution is -0.148. The molecule has 32 heavy (non-hydrogen) atoms. The number of phenols is 1. The van der Waals surface area contributed by atoms with Crippen LogP contribution in [0.25, 0.3) is 0 Å². The second-order valence-electron chi connectivity index (χ2n) is 10.1. The van der Waals surface area contributed by atoms with Gasteiger partial charge in [-0.2, -0.15) is 5.26 Å². The molecule has 0 aliphatic heterocycles. The third-order valence-electron chi connectivity index (χ3n) is 5.11. The third kappa shape index (κ3) is 6.39. The van der Waals surface area contributed by atoms with E-state index in [9.17, 15) is 20.0 Å². The molecule has 2 aromatic rings. The number of esters is 1. The lowest BCUT2D eigenvalue weighted by atomic mass is 9.78. The molecule has 0 fully saturated rings. The molecule has 0 bridgehead atoms. The molecule has 2 rings (SSSR count). The molecule has 0 aliphatic carbocycles. The normalized spacial score (nSPS) is 12.8. The van der Waals surface area contributed by atoms with Gasteiger partial charge in [0.1, 0.15) is 10.8 Å². The molecule has 1 aromatic carbocycles. The van der Waals surface area contributed by atoms with Crippen LogP contribution in [0.15, 0.2) is 17.5 Å². The van der Waals surface area contributed by atoms with Gasteiger partial charge < -0.3 is 9.84 Å². The maximum absolute atomic E-state index is 12.3. The Bertz CT molecular complexity index is 1000. The van der Waals surface area contributed by atoms with Gasteiger partial charge in [0.15, 0.2) is 18.3 Å². The summed E-state index contributed by atoms with van der Waals surface area (Å²) in [4.78, 5) is 28.8. The predicted octanol–water partition coefficient (Wildman–Crippen LogP) is 5.10. The second-order valence-corrected chi connectivity index (χ2v) is 10.9. The van der Waals surface area contributed by atoms with Crippen molar-refractivity contribution in [2.45, 2.75) is 78.1 Å². The number of nitrogens with zero attached hydrogens (tertiary/aromatic N) is 2. The number of rotatable bonds is 7. The van der Waals surface area contributed by atoms with Gasteiger partial charge in [0.05, 0.1) is 6.07 Å². The molecule has 1 aromatic heterocycles. The van der Waals surface area contributed by atoms with Crippen LogP contribution < -0.4 is 0 Å². The number of phenolic OH excluding ortho intramolecular Hbond substituents is 1. The fraction of sp³-hybridized carbons (Fsp3) is 0.520. The fourth-order valence-electron chi connectivity index (χ4n) is 3.31. The monoisotopic (exact) mass is 456 g/mol. The number of nitriles is 1. The molecule has 1 heterocycles. The van der Waals surface area contributed by atoms with E-state index in [1.165, 1.54) is 11.3 Å². The number of aromatic nitrogens is 1. The van der Waals surface area contributed by atoms with Crippen molar-refractivity contribution in [3.8, 4) is 11.8 Å². The van der Waals surface area contributed by atoms with Crippen LogP contribution in [0, 0.1) is 18.3 Å². The fourth-order valence-corrected chi connectivity index (χ4v) is 4.17. The minimum atomic E-state index is -1.03. The number of Topliss-reactive ketones (excluding diaryl/α,β-unsaturated/α-hetero) is 1. The average molecular weight is 457 g/mol. The first-order valence-corrected chi connectivity index (χ1v) is 11.5. The third-order valence-corrected chi connectivity index (χ3v) is 6.14. The van der Waals surface area contributed by atoms with Crippen LogP contribution in [0.2, 0.25) is 0 Å². The Balaban J connectivity index is 2.06. The van der Waals surface area contributed by atoms with Crippen molar-refractivity contribution < 1.29 is 19.4 Å². The van der Waals surface area contributed by atoms with Crippen molar-refractivity contribution in [1.82, 2.24) is 4.98 Å². The molecule has 7 heteroatoms. The molecule has 1 N–H and O–H groups in total. The number of benzene rings is 1. The topological polar surface area (TPSA) is 100 Å². The van der Waals surface area contributed by atoms with E-state index in [0.29, 0.717) is 17.2 Å². The Hall–Kier alpha value is -2.72. The van der Waals surface area contributed by atoms with Crippen molar-refractivity contribution in [3.05, 3.63) is 44.9 Å². The first-order chi connectivity index (χ1) is 14.7. The van der Waals surface area contributed by atoms with Crippen LogP contribution in [0.4, 0.5) is 0 Å². The summed E-state index contributed by atoms with van der Waals surface area (Å²) in [5.41, 5.74) is 2.82. The second kappa shape index (κ2) is 9.83. The molecule has 0 saturated heterocycles. The number of aromatic hydroxyl groups is 1. The zero-order valence-electron chi connectivity index (χ0n) is 19.9. The first kappa shape index (κ1) is 25.5. The van der Waals surface area contributed by atoms with E-state index < -0.39 is 24.3 Å². The molecular formula is C25H32N2O4S. The molecule has 0 saturated carbocycles. The number of ether oxygens (including phenoxy) is 1. The number of hydrogen-bond donors (Lipinski definition) is 1. The zero-order chi connectivity index (χ0) is 24.3. The molecule has 0 unspecified atom stereocenters. The summed E-state index contributed by atoms with van der Waals surface area (Å²) in [6.07, 6.45) is 0.519. The summed E-state index contributed by atoms with van der Waals surface area (Å²) in [7, 11) is 0. The van der Waals surface area contributed by atoms with E-state index in [0.717, 1.165) is 22.4 Å². The molecule has 6 nitrogen and oxygen atoms in total. The van der Waals surface area contributed by atoms with E-state index >= 15 is 0 Å². The predicted molar refractivity (Wildman–Crippen MR) is 125 cm³/mol. The number of carbonyl (C=O) groups is 2.